The third-order valence-corrected chi connectivity index (χ3v) is 2.21. The lowest BCUT2D eigenvalue weighted by Crippen LogP contribution is -2.30. The van der Waals surface area contributed by atoms with Gasteiger partial charge in [-0.2, -0.15) is 0 Å². The fourth-order valence-electron chi connectivity index (χ4n) is 1.43. The number of aliphatic hydroxyl groups is 1. The summed E-state index contributed by atoms with van der Waals surface area (Å²) in [6.45, 7) is 5.58. The molecular formula is C14H17NO2. The van der Waals surface area contributed by atoms with Gasteiger partial charge in [0.1, 0.15) is 6.61 Å². The third-order valence-electron chi connectivity index (χ3n) is 2.21. The molecular weight excluding hydrogens is 214 g/mol. The quantitative estimate of drug-likeness (QED) is 0.757. The highest BCUT2D eigenvalue weighted by atomic mass is 16.2. The summed E-state index contributed by atoms with van der Waals surface area (Å²) in [5, 5.41) is 11.5. The van der Waals surface area contributed by atoms with Crippen LogP contribution < -0.4 is 5.32 Å². The summed E-state index contributed by atoms with van der Waals surface area (Å²) < 4.78 is 0. The first kappa shape index (κ1) is 13.3. The molecule has 0 spiro atoms. The van der Waals surface area contributed by atoms with E-state index in [1.165, 1.54) is 0 Å². The predicted octanol–water partition coefficient (Wildman–Crippen LogP) is 1.48. The summed E-state index contributed by atoms with van der Waals surface area (Å²) in [5.41, 5.74) is 2.40. The van der Waals surface area contributed by atoms with Crippen LogP contribution in [-0.2, 0) is 0 Å². The zero-order chi connectivity index (χ0) is 12.8. The van der Waals surface area contributed by atoms with Crippen LogP contribution in [0, 0.1) is 18.8 Å². The fourth-order valence-corrected chi connectivity index (χ4v) is 1.43. The molecule has 0 aliphatic heterocycles. The van der Waals surface area contributed by atoms with E-state index in [9.17, 15) is 4.79 Å². The number of amides is 1. The van der Waals surface area contributed by atoms with E-state index >= 15 is 0 Å². The van der Waals surface area contributed by atoms with Crippen molar-refractivity contribution in [1.82, 2.24) is 5.32 Å². The molecule has 0 aliphatic rings. The number of aryl methyl sites for hydroxylation is 1. The van der Waals surface area contributed by atoms with Gasteiger partial charge in [0.25, 0.3) is 5.91 Å². The number of hydrogen-bond donors (Lipinski definition) is 2. The van der Waals surface area contributed by atoms with E-state index in [0.29, 0.717) is 5.56 Å². The van der Waals surface area contributed by atoms with E-state index in [4.69, 9.17) is 5.11 Å². The van der Waals surface area contributed by atoms with Gasteiger partial charge in [0, 0.05) is 17.2 Å². The number of benzene rings is 1. The van der Waals surface area contributed by atoms with Crippen molar-refractivity contribution in [3.8, 4) is 11.8 Å². The fraction of sp³-hybridized carbons (Fsp3) is 0.357. The monoisotopic (exact) mass is 231 g/mol. The van der Waals surface area contributed by atoms with Crippen LogP contribution in [0.15, 0.2) is 18.2 Å². The molecule has 0 fully saturated rings. The van der Waals surface area contributed by atoms with Crippen molar-refractivity contribution in [2.75, 3.05) is 6.61 Å². The molecule has 0 heterocycles. The Morgan fingerprint density at radius 2 is 2.18 bits per heavy atom. The molecule has 3 nitrogen and oxygen atoms in total. The molecule has 2 N–H and O–H groups in total. The Morgan fingerprint density at radius 1 is 1.47 bits per heavy atom. The van der Waals surface area contributed by atoms with Crippen LogP contribution >= 0.6 is 0 Å². The summed E-state index contributed by atoms with van der Waals surface area (Å²) in [6.07, 6.45) is 0. The smallest absolute Gasteiger partial charge is 0.251 e. The Balaban J connectivity index is 2.92. The highest BCUT2D eigenvalue weighted by Gasteiger charge is 2.07. The van der Waals surface area contributed by atoms with Crippen molar-refractivity contribution in [3.05, 3.63) is 34.9 Å². The van der Waals surface area contributed by atoms with E-state index in [0.717, 1.165) is 11.1 Å². The topological polar surface area (TPSA) is 49.3 Å². The van der Waals surface area contributed by atoms with E-state index < -0.39 is 0 Å². The summed E-state index contributed by atoms with van der Waals surface area (Å²) in [6, 6.07) is 5.47. The third kappa shape index (κ3) is 3.93. The molecule has 0 saturated heterocycles. The first-order valence-electron chi connectivity index (χ1n) is 5.56. The van der Waals surface area contributed by atoms with Crippen LogP contribution in [0.2, 0.25) is 0 Å². The molecule has 17 heavy (non-hydrogen) atoms. The van der Waals surface area contributed by atoms with E-state index in [1.807, 2.05) is 20.8 Å². The maximum Gasteiger partial charge on any atom is 0.251 e. The molecule has 0 atom stereocenters. The summed E-state index contributed by atoms with van der Waals surface area (Å²) in [4.78, 5) is 11.7. The average Bonchev–Trinajstić information content (AvgIpc) is 2.26. The van der Waals surface area contributed by atoms with E-state index in [1.54, 1.807) is 18.2 Å². The van der Waals surface area contributed by atoms with Crippen molar-refractivity contribution in [2.45, 2.75) is 26.8 Å². The summed E-state index contributed by atoms with van der Waals surface area (Å²) in [7, 11) is 0. The Hall–Kier alpha value is -1.79. The highest BCUT2D eigenvalue weighted by molar-refractivity contribution is 5.94. The zero-order valence-electron chi connectivity index (χ0n) is 10.4. The molecule has 0 bridgehead atoms. The Kier molecular flexibility index (Phi) is 4.74. The van der Waals surface area contributed by atoms with Gasteiger partial charge < -0.3 is 10.4 Å². The molecule has 0 radical (unpaired) electrons. The summed E-state index contributed by atoms with van der Waals surface area (Å²) >= 11 is 0. The second-order valence-electron chi connectivity index (χ2n) is 4.12. The first-order valence-corrected chi connectivity index (χ1v) is 5.56. The Bertz CT molecular complexity index is 467. The van der Waals surface area contributed by atoms with Crippen LogP contribution in [0.3, 0.4) is 0 Å². The van der Waals surface area contributed by atoms with Gasteiger partial charge in [0.05, 0.1) is 0 Å². The predicted molar refractivity (Wildman–Crippen MR) is 67.7 cm³/mol. The lowest BCUT2D eigenvalue weighted by Gasteiger charge is -2.09. The molecule has 1 rings (SSSR count). The molecule has 1 amide bonds. The maximum atomic E-state index is 11.7. The Labute approximate surface area is 102 Å². The van der Waals surface area contributed by atoms with Gasteiger partial charge in [0.15, 0.2) is 0 Å². The van der Waals surface area contributed by atoms with Crippen molar-refractivity contribution in [1.29, 1.82) is 0 Å². The van der Waals surface area contributed by atoms with Crippen molar-refractivity contribution in [2.24, 2.45) is 0 Å². The van der Waals surface area contributed by atoms with Crippen molar-refractivity contribution in [3.63, 3.8) is 0 Å². The number of carbonyl (C=O) groups is 1. The minimum atomic E-state index is -0.158. The van der Waals surface area contributed by atoms with Crippen LogP contribution in [0.25, 0.3) is 0 Å². The number of carbonyl (C=O) groups excluding carboxylic acids is 1. The number of aliphatic hydroxyl groups excluding tert-OH is 1. The zero-order valence-corrected chi connectivity index (χ0v) is 10.4. The largest absolute Gasteiger partial charge is 0.384 e. The highest BCUT2D eigenvalue weighted by Crippen LogP contribution is 2.10. The second-order valence-corrected chi connectivity index (χ2v) is 4.12. The normalized spacial score (nSPS) is 9.71. The van der Waals surface area contributed by atoms with Crippen LogP contribution in [0.1, 0.15) is 35.3 Å². The minimum absolute atomic E-state index is 0.0789. The molecule has 90 valence electrons. The van der Waals surface area contributed by atoms with Crippen LogP contribution in [0.5, 0.6) is 0 Å². The molecule has 0 aromatic heterocycles. The van der Waals surface area contributed by atoms with Gasteiger partial charge in [-0.1, -0.05) is 11.8 Å². The van der Waals surface area contributed by atoms with Gasteiger partial charge in [-0.05, 0) is 44.5 Å². The molecule has 3 heteroatoms. The lowest BCUT2D eigenvalue weighted by atomic mass is 10.0. The molecule has 0 saturated carbocycles. The molecule has 0 aliphatic carbocycles. The van der Waals surface area contributed by atoms with Crippen molar-refractivity contribution >= 4 is 5.91 Å². The number of hydrogen-bond acceptors (Lipinski definition) is 2. The van der Waals surface area contributed by atoms with E-state index in [-0.39, 0.29) is 18.6 Å². The van der Waals surface area contributed by atoms with Gasteiger partial charge in [0.2, 0.25) is 0 Å². The molecule has 1 aromatic carbocycles. The summed E-state index contributed by atoms with van der Waals surface area (Å²) in [5.74, 6) is 5.35. The maximum absolute atomic E-state index is 11.7. The lowest BCUT2D eigenvalue weighted by molar-refractivity contribution is 0.0943. The van der Waals surface area contributed by atoms with Gasteiger partial charge in [-0.25, -0.2) is 0 Å². The second kappa shape index (κ2) is 6.07. The first-order chi connectivity index (χ1) is 8.04. The van der Waals surface area contributed by atoms with Crippen LogP contribution in [-0.4, -0.2) is 23.7 Å². The number of rotatable bonds is 2. The SMILES string of the molecule is Cc1cc(C(=O)NC(C)C)ccc1C#CCO. The Morgan fingerprint density at radius 3 is 2.71 bits per heavy atom. The van der Waals surface area contributed by atoms with Gasteiger partial charge >= 0.3 is 0 Å². The standard InChI is InChI=1S/C14H17NO2/c1-10(2)15-14(17)13-7-6-12(5-4-8-16)11(3)9-13/h6-7,9-10,16H,8H2,1-3H3,(H,15,17). The molecule has 0 unspecified atom stereocenters. The van der Waals surface area contributed by atoms with Gasteiger partial charge in [-0.3, -0.25) is 4.79 Å². The molecule has 1 aromatic rings. The van der Waals surface area contributed by atoms with Gasteiger partial charge in [-0.15, -0.1) is 0 Å². The van der Waals surface area contributed by atoms with Crippen LogP contribution in [0.4, 0.5) is 0 Å². The minimum Gasteiger partial charge on any atom is -0.384 e. The van der Waals surface area contributed by atoms with E-state index in [2.05, 4.69) is 17.2 Å². The van der Waals surface area contributed by atoms with Crippen molar-refractivity contribution < 1.29 is 9.90 Å². The number of nitrogens with one attached hydrogen (secondary N) is 1. The average molecular weight is 231 g/mol.